The number of carbonyl (C=O) groups is 1. The highest BCUT2D eigenvalue weighted by Crippen LogP contribution is 2.40. The van der Waals surface area contributed by atoms with Crippen LogP contribution in [0.5, 0.6) is 5.88 Å². The third kappa shape index (κ3) is 6.55. The van der Waals surface area contributed by atoms with Gasteiger partial charge in [-0.1, -0.05) is 34.8 Å². The largest absolute Gasteiger partial charge is 0.465 e. The van der Waals surface area contributed by atoms with Crippen molar-refractivity contribution in [1.82, 2.24) is 4.98 Å². The fraction of sp³-hybridized carbons (Fsp3) is 0.684. The molecule has 1 aromatic rings. The molecule has 3 rings (SSSR count). The van der Waals surface area contributed by atoms with Gasteiger partial charge in [0, 0.05) is 6.42 Å². The predicted molar refractivity (Wildman–Crippen MR) is 110 cm³/mol. The number of fused-ring (bicyclic) bond motifs is 1. The molecule has 0 amide bonds. The van der Waals surface area contributed by atoms with Gasteiger partial charge >= 0.3 is 5.97 Å². The van der Waals surface area contributed by atoms with Gasteiger partial charge in [-0.2, -0.15) is 4.98 Å². The summed E-state index contributed by atoms with van der Waals surface area (Å²) >= 11 is 17.6. The Bertz CT molecular complexity index is 831. The van der Waals surface area contributed by atoms with E-state index in [9.17, 15) is 9.90 Å². The van der Waals surface area contributed by atoms with E-state index in [4.69, 9.17) is 63.2 Å². The first-order valence-corrected chi connectivity index (χ1v) is 10.6. The molecule has 9 nitrogen and oxygen atoms in total. The molecule has 174 valence electrons. The summed E-state index contributed by atoms with van der Waals surface area (Å²) in [6.45, 7) is 5.82. The molecule has 12 heteroatoms. The van der Waals surface area contributed by atoms with Crippen molar-refractivity contribution in [2.75, 3.05) is 19.8 Å². The van der Waals surface area contributed by atoms with Gasteiger partial charge in [0.2, 0.25) is 11.7 Å². The standard InChI is InChI=1S/C19H24Cl3NO8/c1-17(2,25)31-19(6-12-13(7-28-19)30-18(3,4)29-12)9-27-14(24)8-26-16-11(21)5-10(20)15(22)23-16/h5,12-13,25H,6-9H2,1-4H3. The molecule has 2 aliphatic rings. The van der Waals surface area contributed by atoms with Gasteiger partial charge in [-0.15, -0.1) is 0 Å². The molecular formula is C19H24Cl3NO8. The van der Waals surface area contributed by atoms with Crippen LogP contribution < -0.4 is 4.74 Å². The topological polar surface area (TPSA) is 106 Å². The average Bonchev–Trinajstić information content (AvgIpc) is 2.93. The monoisotopic (exact) mass is 499 g/mol. The maximum absolute atomic E-state index is 12.3. The van der Waals surface area contributed by atoms with E-state index in [-0.39, 0.29) is 52.9 Å². The molecular weight excluding hydrogens is 477 g/mol. The van der Waals surface area contributed by atoms with Crippen molar-refractivity contribution in [3.63, 3.8) is 0 Å². The number of ether oxygens (including phenoxy) is 6. The summed E-state index contributed by atoms with van der Waals surface area (Å²) in [4.78, 5) is 16.1. The molecule has 0 aliphatic carbocycles. The molecule has 0 radical (unpaired) electrons. The van der Waals surface area contributed by atoms with Crippen molar-refractivity contribution >= 4 is 40.8 Å². The summed E-state index contributed by atoms with van der Waals surface area (Å²) in [5.74, 6) is -4.57. The van der Waals surface area contributed by atoms with Crippen LogP contribution in [0.3, 0.4) is 0 Å². The third-order valence-corrected chi connectivity index (χ3v) is 5.32. The summed E-state index contributed by atoms with van der Waals surface area (Å²) in [5, 5.41) is 10.4. The summed E-state index contributed by atoms with van der Waals surface area (Å²) in [7, 11) is 0. The van der Waals surface area contributed by atoms with Gasteiger partial charge in [0.05, 0.1) is 17.7 Å². The van der Waals surface area contributed by atoms with Crippen LogP contribution >= 0.6 is 34.8 Å². The number of aromatic nitrogens is 1. The van der Waals surface area contributed by atoms with Crippen molar-refractivity contribution in [1.29, 1.82) is 0 Å². The van der Waals surface area contributed by atoms with E-state index in [0.29, 0.717) is 0 Å². The van der Waals surface area contributed by atoms with Crippen LogP contribution in [0.15, 0.2) is 6.07 Å². The third-order valence-electron chi connectivity index (χ3n) is 4.38. The van der Waals surface area contributed by atoms with Gasteiger partial charge in [0.15, 0.2) is 23.3 Å². The number of nitrogens with zero attached hydrogens (tertiary/aromatic N) is 1. The van der Waals surface area contributed by atoms with Crippen molar-refractivity contribution in [2.24, 2.45) is 0 Å². The van der Waals surface area contributed by atoms with Crippen LogP contribution in [0.2, 0.25) is 15.2 Å². The van der Waals surface area contributed by atoms with Crippen LogP contribution in [0.4, 0.5) is 0 Å². The van der Waals surface area contributed by atoms with Gasteiger partial charge in [-0.05, 0) is 33.8 Å². The molecule has 2 fully saturated rings. The minimum Gasteiger partial charge on any atom is -0.465 e. The highest BCUT2D eigenvalue weighted by Gasteiger charge is 2.53. The number of carbonyl (C=O) groups excluding carboxylic acids is 1. The van der Waals surface area contributed by atoms with Gasteiger partial charge in [-0.25, -0.2) is 4.79 Å². The number of pyridine rings is 1. The second-order valence-corrected chi connectivity index (χ2v) is 9.36. The fourth-order valence-corrected chi connectivity index (χ4v) is 3.91. The SMILES string of the molecule is CC(C)(O)OC1(COC(=O)COc2nc(Cl)c(Cl)cc2Cl)CC2OC(C)(C)OC2CO1. The molecule has 3 heterocycles. The van der Waals surface area contributed by atoms with Gasteiger partial charge in [0.25, 0.3) is 0 Å². The molecule has 0 aromatic carbocycles. The second kappa shape index (κ2) is 9.15. The van der Waals surface area contributed by atoms with Crippen LogP contribution in [-0.2, 0) is 28.5 Å². The Morgan fingerprint density at radius 2 is 1.94 bits per heavy atom. The van der Waals surface area contributed by atoms with Crippen molar-refractivity contribution in [3.05, 3.63) is 21.3 Å². The van der Waals surface area contributed by atoms with E-state index >= 15 is 0 Å². The Morgan fingerprint density at radius 1 is 1.26 bits per heavy atom. The van der Waals surface area contributed by atoms with E-state index in [2.05, 4.69) is 4.98 Å². The van der Waals surface area contributed by atoms with E-state index in [1.165, 1.54) is 19.9 Å². The van der Waals surface area contributed by atoms with E-state index < -0.39 is 29.9 Å². The molecule has 3 unspecified atom stereocenters. The molecule has 2 aliphatic heterocycles. The number of hydrogen-bond donors (Lipinski definition) is 1. The molecule has 31 heavy (non-hydrogen) atoms. The number of hydrogen-bond acceptors (Lipinski definition) is 9. The Morgan fingerprint density at radius 3 is 2.61 bits per heavy atom. The molecule has 0 spiro atoms. The lowest BCUT2D eigenvalue weighted by molar-refractivity contribution is -0.366. The maximum Gasteiger partial charge on any atom is 0.344 e. The smallest absolute Gasteiger partial charge is 0.344 e. The molecule has 1 N–H and O–H groups in total. The van der Waals surface area contributed by atoms with Gasteiger partial charge in [-0.3, -0.25) is 0 Å². The van der Waals surface area contributed by atoms with Gasteiger partial charge in [0.1, 0.15) is 17.7 Å². The minimum atomic E-state index is -1.55. The first-order chi connectivity index (χ1) is 14.3. The van der Waals surface area contributed by atoms with Crippen LogP contribution in [0, 0.1) is 0 Å². The summed E-state index contributed by atoms with van der Waals surface area (Å²) in [5.41, 5.74) is 0. The maximum atomic E-state index is 12.3. The Balaban J connectivity index is 1.62. The summed E-state index contributed by atoms with van der Waals surface area (Å²) < 4.78 is 33.8. The van der Waals surface area contributed by atoms with Crippen LogP contribution in [-0.4, -0.2) is 65.4 Å². The molecule has 0 saturated carbocycles. The zero-order valence-corrected chi connectivity index (χ0v) is 19.7. The molecule has 2 saturated heterocycles. The quantitative estimate of drug-likeness (QED) is 0.343. The van der Waals surface area contributed by atoms with Crippen LogP contribution in [0.25, 0.3) is 0 Å². The summed E-state index contributed by atoms with van der Waals surface area (Å²) in [6.07, 6.45) is -0.477. The first kappa shape index (κ1) is 24.7. The van der Waals surface area contributed by atoms with E-state index in [1.807, 2.05) is 0 Å². The minimum absolute atomic E-state index is 0.0150. The molecule has 0 bridgehead atoms. The highest BCUT2D eigenvalue weighted by molar-refractivity contribution is 6.42. The first-order valence-electron chi connectivity index (χ1n) is 9.50. The van der Waals surface area contributed by atoms with E-state index in [1.54, 1.807) is 13.8 Å². The van der Waals surface area contributed by atoms with Crippen molar-refractivity contribution < 1.29 is 38.3 Å². The Hall–Kier alpha value is -0.910. The lowest BCUT2D eigenvalue weighted by Gasteiger charge is -2.42. The lowest BCUT2D eigenvalue weighted by Crippen LogP contribution is -2.55. The predicted octanol–water partition coefficient (Wildman–Crippen LogP) is 3.35. The molecule has 1 aromatic heterocycles. The Labute approximate surface area is 194 Å². The number of aliphatic hydroxyl groups is 1. The van der Waals surface area contributed by atoms with Crippen LogP contribution in [0.1, 0.15) is 34.1 Å². The molecule has 3 atom stereocenters. The normalized spacial score (nSPS) is 27.6. The van der Waals surface area contributed by atoms with E-state index in [0.717, 1.165) is 0 Å². The average molecular weight is 501 g/mol. The zero-order valence-electron chi connectivity index (χ0n) is 17.4. The second-order valence-electron chi connectivity index (χ2n) is 8.18. The number of rotatable bonds is 7. The Kier molecular flexibility index (Phi) is 7.30. The number of esters is 1. The van der Waals surface area contributed by atoms with Gasteiger partial charge < -0.3 is 33.5 Å². The fourth-order valence-electron chi connectivity index (χ4n) is 3.37. The highest BCUT2D eigenvalue weighted by atomic mass is 35.5. The lowest BCUT2D eigenvalue weighted by atomic mass is 10.0. The van der Waals surface area contributed by atoms with Crippen molar-refractivity contribution in [2.45, 2.75) is 63.7 Å². The summed E-state index contributed by atoms with van der Waals surface area (Å²) in [6, 6.07) is 1.35. The van der Waals surface area contributed by atoms with Crippen molar-refractivity contribution in [3.8, 4) is 5.88 Å². The number of halogens is 3. The zero-order chi connectivity index (χ0) is 23.0.